The molecule has 2 aromatic heterocycles. The number of thioether (sulfide) groups is 1. The summed E-state index contributed by atoms with van der Waals surface area (Å²) in [6.07, 6.45) is 7.99. The second-order valence-electron chi connectivity index (χ2n) is 3.39. The largest absolute Gasteiger partial charge is 0.303 e. The number of aromatic nitrogens is 4. The lowest BCUT2D eigenvalue weighted by Gasteiger charge is -2.01. The maximum atomic E-state index is 6.06. The van der Waals surface area contributed by atoms with Crippen LogP contribution in [0.15, 0.2) is 11.5 Å². The lowest BCUT2D eigenvalue weighted by Crippen LogP contribution is -1.97. The highest BCUT2D eigenvalue weighted by Gasteiger charge is 2.11. The van der Waals surface area contributed by atoms with E-state index in [0.717, 1.165) is 12.2 Å². The number of terminal acetylenes is 1. The van der Waals surface area contributed by atoms with Crippen molar-refractivity contribution in [2.75, 3.05) is 5.75 Å². The lowest BCUT2D eigenvalue weighted by molar-refractivity contribution is 0.843. The monoisotopic (exact) mass is 266 g/mol. The Morgan fingerprint density at radius 3 is 3.06 bits per heavy atom. The number of fused-ring (bicyclic) bond motifs is 1. The van der Waals surface area contributed by atoms with E-state index < -0.39 is 0 Å². The predicted molar refractivity (Wildman–Crippen MR) is 70.2 cm³/mol. The molecule has 0 fully saturated rings. The Kier molecular flexibility index (Phi) is 3.87. The molecule has 0 spiro atoms. The smallest absolute Gasteiger partial charge is 0.191 e. The number of hydrogen-bond acceptors (Lipinski definition) is 4. The van der Waals surface area contributed by atoms with E-state index in [0.29, 0.717) is 28.0 Å². The molecule has 17 heavy (non-hydrogen) atoms. The van der Waals surface area contributed by atoms with Gasteiger partial charge in [-0.15, -0.1) is 6.42 Å². The van der Waals surface area contributed by atoms with Crippen LogP contribution in [0.25, 0.3) is 11.2 Å². The highest BCUT2D eigenvalue weighted by molar-refractivity contribution is 7.99. The summed E-state index contributed by atoms with van der Waals surface area (Å²) in [6.45, 7) is 2.54. The molecule has 4 nitrogen and oxygen atoms in total. The number of rotatable bonds is 4. The van der Waals surface area contributed by atoms with Crippen LogP contribution >= 0.6 is 23.4 Å². The van der Waals surface area contributed by atoms with Gasteiger partial charge in [0, 0.05) is 5.75 Å². The Labute approximate surface area is 109 Å². The highest BCUT2D eigenvalue weighted by atomic mass is 35.5. The van der Waals surface area contributed by atoms with E-state index in [4.69, 9.17) is 18.0 Å². The van der Waals surface area contributed by atoms with Gasteiger partial charge in [0.15, 0.2) is 16.0 Å². The molecule has 0 aliphatic rings. The maximum Gasteiger partial charge on any atom is 0.191 e. The van der Waals surface area contributed by atoms with Crippen molar-refractivity contribution in [3.8, 4) is 12.3 Å². The zero-order valence-electron chi connectivity index (χ0n) is 9.35. The molecule has 0 atom stereocenters. The van der Waals surface area contributed by atoms with Crippen LogP contribution in [-0.2, 0) is 6.54 Å². The van der Waals surface area contributed by atoms with Gasteiger partial charge in [-0.25, -0.2) is 15.0 Å². The minimum atomic E-state index is 0.379. The molecule has 2 heterocycles. The van der Waals surface area contributed by atoms with Gasteiger partial charge in [-0.1, -0.05) is 36.2 Å². The molecule has 0 bridgehead atoms. The van der Waals surface area contributed by atoms with Crippen molar-refractivity contribution in [2.24, 2.45) is 0 Å². The molecule has 0 radical (unpaired) electrons. The molecule has 2 rings (SSSR count). The van der Waals surface area contributed by atoms with Crippen LogP contribution in [0.2, 0.25) is 5.15 Å². The molecule has 0 saturated carbocycles. The summed E-state index contributed by atoms with van der Waals surface area (Å²) in [5.74, 6) is 3.52. The van der Waals surface area contributed by atoms with Crippen molar-refractivity contribution in [3.05, 3.63) is 11.5 Å². The Hall–Kier alpha value is -1.25. The highest BCUT2D eigenvalue weighted by Crippen LogP contribution is 2.23. The lowest BCUT2D eigenvalue weighted by atomic mass is 10.5. The second-order valence-corrected chi connectivity index (χ2v) is 4.81. The Morgan fingerprint density at radius 1 is 1.53 bits per heavy atom. The SMILES string of the molecule is C#CCn1cnc2c(Cl)nc(SCCC)nc21. The first-order valence-electron chi connectivity index (χ1n) is 5.21. The van der Waals surface area contributed by atoms with Crippen LogP contribution in [0.5, 0.6) is 0 Å². The molecule has 0 N–H and O–H groups in total. The van der Waals surface area contributed by atoms with Gasteiger partial charge in [0.05, 0.1) is 12.9 Å². The minimum Gasteiger partial charge on any atom is -0.303 e. The van der Waals surface area contributed by atoms with Crippen LogP contribution in [0.4, 0.5) is 0 Å². The topological polar surface area (TPSA) is 43.6 Å². The van der Waals surface area contributed by atoms with Crippen molar-refractivity contribution in [1.29, 1.82) is 0 Å². The van der Waals surface area contributed by atoms with Crippen molar-refractivity contribution in [2.45, 2.75) is 25.0 Å². The predicted octanol–water partition coefficient (Wildman–Crippen LogP) is 2.62. The number of halogens is 1. The first kappa shape index (κ1) is 12.2. The second kappa shape index (κ2) is 5.39. The molecule has 0 unspecified atom stereocenters. The van der Waals surface area contributed by atoms with E-state index in [1.165, 1.54) is 0 Å². The average molecular weight is 267 g/mol. The van der Waals surface area contributed by atoms with Gasteiger partial charge in [0.25, 0.3) is 0 Å². The van der Waals surface area contributed by atoms with E-state index in [-0.39, 0.29) is 0 Å². The van der Waals surface area contributed by atoms with Crippen LogP contribution in [-0.4, -0.2) is 25.3 Å². The first-order valence-corrected chi connectivity index (χ1v) is 6.57. The quantitative estimate of drug-likeness (QED) is 0.369. The van der Waals surface area contributed by atoms with Gasteiger partial charge in [-0.05, 0) is 6.42 Å². The fraction of sp³-hybridized carbons (Fsp3) is 0.364. The maximum absolute atomic E-state index is 6.06. The van der Waals surface area contributed by atoms with Crippen molar-refractivity contribution < 1.29 is 0 Å². The van der Waals surface area contributed by atoms with Gasteiger partial charge in [-0.3, -0.25) is 0 Å². The Balaban J connectivity index is 2.45. The van der Waals surface area contributed by atoms with Gasteiger partial charge in [0.1, 0.15) is 5.52 Å². The fourth-order valence-electron chi connectivity index (χ4n) is 1.36. The fourth-order valence-corrected chi connectivity index (χ4v) is 2.32. The molecule has 0 amide bonds. The number of nitrogens with zero attached hydrogens (tertiary/aromatic N) is 4. The number of imidazole rings is 1. The summed E-state index contributed by atoms with van der Waals surface area (Å²) in [5.41, 5.74) is 1.30. The summed E-state index contributed by atoms with van der Waals surface area (Å²) < 4.78 is 1.79. The van der Waals surface area contributed by atoms with Crippen LogP contribution < -0.4 is 0 Å². The third-order valence-corrected chi connectivity index (χ3v) is 3.41. The molecule has 0 aromatic carbocycles. The van der Waals surface area contributed by atoms with Crippen LogP contribution in [0, 0.1) is 12.3 Å². The molecular formula is C11H11ClN4S. The van der Waals surface area contributed by atoms with E-state index in [9.17, 15) is 0 Å². The van der Waals surface area contributed by atoms with Crippen LogP contribution in [0.3, 0.4) is 0 Å². The Bertz CT molecular complexity index is 573. The Morgan fingerprint density at radius 2 is 2.35 bits per heavy atom. The summed E-state index contributed by atoms with van der Waals surface area (Å²) in [6, 6.07) is 0. The van der Waals surface area contributed by atoms with Crippen molar-refractivity contribution in [3.63, 3.8) is 0 Å². The molecule has 0 aliphatic carbocycles. The van der Waals surface area contributed by atoms with Gasteiger partial charge in [0.2, 0.25) is 0 Å². The molecule has 2 aromatic rings. The molecular weight excluding hydrogens is 256 g/mol. The van der Waals surface area contributed by atoms with Gasteiger partial charge < -0.3 is 4.57 Å². The standard InChI is InChI=1S/C11H11ClN4S/c1-3-5-16-7-13-8-9(12)14-11(15-10(8)16)17-6-4-2/h1,7H,4-6H2,2H3. The zero-order valence-corrected chi connectivity index (χ0v) is 10.9. The minimum absolute atomic E-state index is 0.379. The van der Waals surface area contributed by atoms with E-state index in [2.05, 4.69) is 27.8 Å². The summed E-state index contributed by atoms with van der Waals surface area (Å²) in [5, 5.41) is 1.05. The first-order chi connectivity index (χ1) is 8.26. The van der Waals surface area contributed by atoms with Crippen molar-refractivity contribution >= 4 is 34.5 Å². The molecule has 0 saturated heterocycles. The van der Waals surface area contributed by atoms with Gasteiger partial charge in [-0.2, -0.15) is 0 Å². The zero-order chi connectivity index (χ0) is 12.3. The van der Waals surface area contributed by atoms with E-state index >= 15 is 0 Å². The normalized spacial score (nSPS) is 10.6. The van der Waals surface area contributed by atoms with E-state index in [1.54, 1.807) is 22.7 Å². The van der Waals surface area contributed by atoms with Gasteiger partial charge >= 0.3 is 0 Å². The average Bonchev–Trinajstić information content (AvgIpc) is 2.71. The van der Waals surface area contributed by atoms with E-state index in [1.807, 2.05) is 0 Å². The molecule has 6 heteroatoms. The van der Waals surface area contributed by atoms with Crippen LogP contribution in [0.1, 0.15) is 13.3 Å². The summed E-state index contributed by atoms with van der Waals surface area (Å²) >= 11 is 7.64. The third-order valence-electron chi connectivity index (χ3n) is 2.10. The number of hydrogen-bond donors (Lipinski definition) is 0. The summed E-state index contributed by atoms with van der Waals surface area (Å²) in [4.78, 5) is 12.8. The summed E-state index contributed by atoms with van der Waals surface area (Å²) in [7, 11) is 0. The van der Waals surface area contributed by atoms with Crippen molar-refractivity contribution in [1.82, 2.24) is 19.5 Å². The third kappa shape index (κ3) is 2.54. The molecule has 88 valence electrons. The molecule has 0 aliphatic heterocycles.